The molecule has 3 N–H and O–H groups in total. The van der Waals surface area contributed by atoms with Gasteiger partial charge in [-0.1, -0.05) is 23.7 Å². The molecule has 0 aliphatic heterocycles. The number of phenols is 2. The number of benzene rings is 3. The number of carbonyl (C=O) groups excluding carboxylic acids is 1. The van der Waals surface area contributed by atoms with Crippen LogP contribution in [-0.4, -0.2) is 16.1 Å². The molecule has 0 bridgehead atoms. The molecular formula is C27H15NO4. The van der Waals surface area contributed by atoms with Gasteiger partial charge >= 0.3 is 0 Å². The summed E-state index contributed by atoms with van der Waals surface area (Å²) in [5, 5.41) is 22.2. The molecule has 0 aliphatic rings. The highest BCUT2D eigenvalue weighted by molar-refractivity contribution is 6.07. The van der Waals surface area contributed by atoms with E-state index in [1.165, 1.54) is 36.4 Å². The molecule has 5 heteroatoms. The first-order valence-corrected chi connectivity index (χ1v) is 9.10. The van der Waals surface area contributed by atoms with E-state index >= 15 is 0 Å². The molecule has 5 nitrogen and oxygen atoms in total. The van der Waals surface area contributed by atoms with Crippen molar-refractivity contribution in [1.82, 2.24) is 0 Å². The third-order valence-corrected chi connectivity index (χ3v) is 4.45. The Bertz CT molecular complexity index is 1390. The zero-order valence-corrected chi connectivity index (χ0v) is 16.6. The molecule has 0 spiro atoms. The van der Waals surface area contributed by atoms with E-state index in [1.54, 1.807) is 12.1 Å². The highest BCUT2D eigenvalue weighted by Crippen LogP contribution is 2.32. The van der Waals surface area contributed by atoms with Gasteiger partial charge in [-0.2, -0.15) is 0 Å². The smallest absolute Gasteiger partial charge is 0.257 e. The summed E-state index contributed by atoms with van der Waals surface area (Å²) in [6.45, 7) is 0. The fraction of sp³-hybridized carbons (Fsp3) is 0. The monoisotopic (exact) mass is 417 g/mol. The fourth-order valence-electron chi connectivity index (χ4n) is 2.94. The molecule has 0 atom stereocenters. The predicted octanol–water partition coefficient (Wildman–Crippen LogP) is 4.07. The standard InChI is InChI=1S/C27H15NO4/c1-5-17-15-24(23(8-4)22(7-3)21(17)6-2)27(31)28-25-16-20(13-14-26(25)30)32-19-11-9-18(29)10-12-19/h1-4,9-16,29-30H,(H,28,31). The van der Waals surface area contributed by atoms with Crippen LogP contribution in [0.4, 0.5) is 5.69 Å². The largest absolute Gasteiger partial charge is 0.508 e. The first-order chi connectivity index (χ1) is 15.4. The number of phenolic OH excluding ortho intramolecular Hbond substituents is 2. The number of hydrogen-bond donors (Lipinski definition) is 3. The van der Waals surface area contributed by atoms with Crippen LogP contribution in [0.3, 0.4) is 0 Å². The van der Waals surface area contributed by atoms with Crippen molar-refractivity contribution in [3.05, 3.63) is 76.3 Å². The van der Waals surface area contributed by atoms with E-state index in [0.29, 0.717) is 11.5 Å². The van der Waals surface area contributed by atoms with E-state index in [1.807, 2.05) is 0 Å². The second kappa shape index (κ2) is 9.06. The van der Waals surface area contributed by atoms with Gasteiger partial charge in [-0.15, -0.1) is 25.7 Å². The quantitative estimate of drug-likeness (QED) is 0.442. The lowest BCUT2D eigenvalue weighted by molar-refractivity contribution is 0.102. The number of ether oxygens (including phenoxy) is 1. The van der Waals surface area contributed by atoms with Crippen LogP contribution in [-0.2, 0) is 0 Å². The second-order valence-electron chi connectivity index (χ2n) is 6.40. The number of aromatic hydroxyl groups is 2. The average Bonchev–Trinajstić information content (AvgIpc) is 2.80. The third kappa shape index (κ3) is 4.19. The second-order valence-corrected chi connectivity index (χ2v) is 6.40. The minimum atomic E-state index is -0.647. The van der Waals surface area contributed by atoms with E-state index < -0.39 is 5.91 Å². The Labute approximate surface area is 185 Å². The normalized spacial score (nSPS) is 9.50. The number of hydrogen-bond acceptors (Lipinski definition) is 4. The number of rotatable bonds is 4. The molecular weight excluding hydrogens is 402 g/mol. The minimum Gasteiger partial charge on any atom is -0.508 e. The third-order valence-electron chi connectivity index (χ3n) is 4.45. The zero-order valence-electron chi connectivity index (χ0n) is 16.6. The molecule has 0 aromatic heterocycles. The Morgan fingerprint density at radius 2 is 1.41 bits per heavy atom. The van der Waals surface area contributed by atoms with E-state index in [0.717, 1.165) is 0 Å². The van der Waals surface area contributed by atoms with Crippen LogP contribution in [0.15, 0.2) is 48.5 Å². The van der Waals surface area contributed by atoms with Gasteiger partial charge in [-0.05, 0) is 42.5 Å². The van der Waals surface area contributed by atoms with Gasteiger partial charge in [0.1, 0.15) is 23.0 Å². The predicted molar refractivity (Wildman–Crippen MR) is 122 cm³/mol. The van der Waals surface area contributed by atoms with Crippen molar-refractivity contribution in [3.63, 3.8) is 0 Å². The van der Waals surface area contributed by atoms with E-state index in [4.69, 9.17) is 30.4 Å². The molecule has 0 aliphatic carbocycles. The number of terminal acetylenes is 4. The molecule has 0 saturated heterocycles. The summed E-state index contributed by atoms with van der Waals surface area (Å²) >= 11 is 0. The molecule has 3 rings (SSSR count). The molecule has 0 heterocycles. The topological polar surface area (TPSA) is 78.8 Å². The van der Waals surface area contributed by atoms with E-state index in [-0.39, 0.29) is 45.0 Å². The summed E-state index contributed by atoms with van der Waals surface area (Å²) in [5.74, 6) is 9.65. The molecule has 3 aromatic rings. The number of carbonyl (C=O) groups is 1. The van der Waals surface area contributed by atoms with E-state index in [9.17, 15) is 15.0 Å². The van der Waals surface area contributed by atoms with Crippen molar-refractivity contribution in [3.8, 4) is 72.4 Å². The summed E-state index contributed by atoms with van der Waals surface area (Å²) in [7, 11) is 0. The van der Waals surface area contributed by atoms with Crippen molar-refractivity contribution >= 4 is 11.6 Å². The van der Waals surface area contributed by atoms with Crippen molar-refractivity contribution in [2.75, 3.05) is 5.32 Å². The summed E-state index contributed by atoms with van der Waals surface area (Å²) in [6, 6.07) is 11.7. The molecule has 0 radical (unpaired) electrons. The highest BCUT2D eigenvalue weighted by Gasteiger charge is 2.20. The van der Waals surface area contributed by atoms with E-state index in [2.05, 4.69) is 29.0 Å². The molecule has 0 saturated carbocycles. The highest BCUT2D eigenvalue weighted by atomic mass is 16.5. The van der Waals surface area contributed by atoms with Crippen molar-refractivity contribution in [2.24, 2.45) is 0 Å². The number of anilines is 1. The Morgan fingerprint density at radius 3 is 2.00 bits per heavy atom. The van der Waals surface area contributed by atoms with Crippen LogP contribution in [0.1, 0.15) is 32.6 Å². The lowest BCUT2D eigenvalue weighted by Crippen LogP contribution is -2.16. The number of nitrogens with one attached hydrogen (secondary N) is 1. The van der Waals surface area contributed by atoms with Crippen LogP contribution >= 0.6 is 0 Å². The zero-order chi connectivity index (χ0) is 23.3. The summed E-state index contributed by atoms with van der Waals surface area (Å²) in [6.07, 6.45) is 22.2. The Morgan fingerprint density at radius 1 is 0.781 bits per heavy atom. The molecule has 1 amide bonds. The molecule has 32 heavy (non-hydrogen) atoms. The van der Waals surface area contributed by atoms with Gasteiger partial charge in [0.15, 0.2) is 0 Å². The summed E-state index contributed by atoms with van der Waals surface area (Å²) < 4.78 is 5.68. The Balaban J connectivity index is 1.98. The maximum Gasteiger partial charge on any atom is 0.257 e. The lowest BCUT2D eigenvalue weighted by atomic mass is 9.92. The Hall–Kier alpha value is -5.23. The lowest BCUT2D eigenvalue weighted by Gasteiger charge is -2.14. The van der Waals surface area contributed by atoms with Gasteiger partial charge in [-0.3, -0.25) is 4.79 Å². The van der Waals surface area contributed by atoms with Crippen LogP contribution in [0, 0.1) is 49.4 Å². The van der Waals surface area contributed by atoms with Crippen LogP contribution in [0.5, 0.6) is 23.0 Å². The SMILES string of the molecule is C#Cc1cc(C(=O)Nc2cc(Oc3ccc(O)cc3)ccc2O)c(C#C)c(C#C)c1C#C. The maximum atomic E-state index is 13.0. The van der Waals surface area contributed by atoms with Gasteiger partial charge in [0.05, 0.1) is 27.9 Å². The number of amides is 1. The molecule has 0 fully saturated rings. The minimum absolute atomic E-state index is 0.0386. The first-order valence-electron chi connectivity index (χ1n) is 9.10. The van der Waals surface area contributed by atoms with Crippen LogP contribution < -0.4 is 10.1 Å². The van der Waals surface area contributed by atoms with Crippen LogP contribution in [0.25, 0.3) is 0 Å². The van der Waals surface area contributed by atoms with Gasteiger partial charge < -0.3 is 20.3 Å². The molecule has 3 aromatic carbocycles. The van der Waals surface area contributed by atoms with Crippen LogP contribution in [0.2, 0.25) is 0 Å². The molecule has 0 unspecified atom stereocenters. The average molecular weight is 417 g/mol. The van der Waals surface area contributed by atoms with Gasteiger partial charge in [0, 0.05) is 11.6 Å². The van der Waals surface area contributed by atoms with Gasteiger partial charge in [0.25, 0.3) is 5.91 Å². The summed E-state index contributed by atoms with van der Waals surface area (Å²) in [4.78, 5) is 13.0. The van der Waals surface area contributed by atoms with Gasteiger partial charge in [-0.25, -0.2) is 0 Å². The summed E-state index contributed by atoms with van der Waals surface area (Å²) in [5.41, 5.74) is 0.901. The fourth-order valence-corrected chi connectivity index (χ4v) is 2.94. The maximum absolute atomic E-state index is 13.0. The van der Waals surface area contributed by atoms with Gasteiger partial charge in [0.2, 0.25) is 0 Å². The van der Waals surface area contributed by atoms with Crippen molar-refractivity contribution in [1.29, 1.82) is 0 Å². The Kier molecular flexibility index (Phi) is 6.08. The molecule has 152 valence electrons. The first kappa shape index (κ1) is 21.5. The van der Waals surface area contributed by atoms with Crippen molar-refractivity contribution < 1.29 is 19.7 Å². The van der Waals surface area contributed by atoms with Crippen molar-refractivity contribution in [2.45, 2.75) is 0 Å².